The van der Waals surface area contributed by atoms with Crippen LogP contribution in [0.4, 0.5) is 10.1 Å². The summed E-state index contributed by atoms with van der Waals surface area (Å²) in [7, 11) is 0. The van der Waals surface area contributed by atoms with Crippen LogP contribution in [0.25, 0.3) is 0 Å². The molecule has 0 aromatic heterocycles. The van der Waals surface area contributed by atoms with Gasteiger partial charge < -0.3 is 15.8 Å². The van der Waals surface area contributed by atoms with Crippen LogP contribution in [0.5, 0.6) is 11.5 Å². The number of nitrogens with zero attached hydrogens (tertiary/aromatic N) is 1. The second-order valence-electron chi connectivity index (χ2n) is 4.57. The van der Waals surface area contributed by atoms with Gasteiger partial charge in [-0.25, -0.2) is 4.39 Å². The van der Waals surface area contributed by atoms with Crippen molar-refractivity contribution >= 4 is 11.6 Å². The van der Waals surface area contributed by atoms with E-state index in [0.29, 0.717) is 17.0 Å². The van der Waals surface area contributed by atoms with Gasteiger partial charge in [-0.3, -0.25) is 4.79 Å². The normalized spacial score (nSPS) is 16.0. The summed E-state index contributed by atoms with van der Waals surface area (Å²) in [4.78, 5) is 11.5. The molecule has 1 atom stereocenters. The summed E-state index contributed by atoms with van der Waals surface area (Å²) in [6, 6.07) is 9.99. The molecule has 0 bridgehead atoms. The van der Waals surface area contributed by atoms with E-state index >= 15 is 0 Å². The maximum Gasteiger partial charge on any atom is 0.245 e. The standard InChI is InChI=1S/C15H10FN3O2/c16-12-5-9(2-1-8(12)7-17)21-10-3-4-11-13(6-10)19-15(20)14(11)18/h1-6,14H,18H2,(H,19,20). The number of hydrogen-bond donors (Lipinski definition) is 2. The Kier molecular flexibility index (Phi) is 3.05. The largest absolute Gasteiger partial charge is 0.457 e. The third kappa shape index (κ3) is 2.30. The van der Waals surface area contributed by atoms with Gasteiger partial charge in [0.25, 0.3) is 0 Å². The number of rotatable bonds is 2. The van der Waals surface area contributed by atoms with E-state index in [9.17, 15) is 9.18 Å². The maximum atomic E-state index is 13.5. The lowest BCUT2D eigenvalue weighted by molar-refractivity contribution is -0.116. The fourth-order valence-corrected chi connectivity index (χ4v) is 2.12. The predicted molar refractivity (Wildman–Crippen MR) is 73.2 cm³/mol. The number of amides is 1. The number of nitriles is 1. The molecule has 1 unspecified atom stereocenters. The smallest absolute Gasteiger partial charge is 0.245 e. The molecule has 1 heterocycles. The Morgan fingerprint density at radius 2 is 1.95 bits per heavy atom. The van der Waals surface area contributed by atoms with Crippen molar-refractivity contribution in [1.29, 1.82) is 5.26 Å². The molecule has 1 amide bonds. The Labute approximate surface area is 119 Å². The number of fused-ring (bicyclic) bond motifs is 1. The highest BCUT2D eigenvalue weighted by atomic mass is 19.1. The number of carbonyl (C=O) groups is 1. The van der Waals surface area contributed by atoms with E-state index in [1.807, 2.05) is 0 Å². The molecule has 21 heavy (non-hydrogen) atoms. The molecule has 5 nitrogen and oxygen atoms in total. The minimum Gasteiger partial charge on any atom is -0.457 e. The van der Waals surface area contributed by atoms with Crippen LogP contribution in [0, 0.1) is 17.1 Å². The second kappa shape index (κ2) is 4.89. The molecule has 0 saturated carbocycles. The van der Waals surface area contributed by atoms with Crippen molar-refractivity contribution in [3.8, 4) is 17.6 Å². The Bertz CT molecular complexity index is 783. The molecule has 0 fully saturated rings. The number of nitrogens with two attached hydrogens (primary N) is 1. The number of nitrogens with one attached hydrogen (secondary N) is 1. The number of anilines is 1. The van der Waals surface area contributed by atoms with E-state index in [-0.39, 0.29) is 17.2 Å². The topological polar surface area (TPSA) is 88.1 Å². The molecule has 0 radical (unpaired) electrons. The molecule has 104 valence electrons. The first-order valence-electron chi connectivity index (χ1n) is 6.16. The fourth-order valence-electron chi connectivity index (χ4n) is 2.12. The summed E-state index contributed by atoms with van der Waals surface area (Å²) in [6.07, 6.45) is 0. The highest BCUT2D eigenvalue weighted by molar-refractivity contribution is 6.02. The number of halogens is 1. The van der Waals surface area contributed by atoms with Crippen LogP contribution in [0.2, 0.25) is 0 Å². The minimum absolute atomic E-state index is 0.0467. The van der Waals surface area contributed by atoms with Gasteiger partial charge >= 0.3 is 0 Å². The van der Waals surface area contributed by atoms with Crippen LogP contribution in [0.1, 0.15) is 17.2 Å². The van der Waals surface area contributed by atoms with E-state index in [2.05, 4.69) is 5.32 Å². The average Bonchev–Trinajstić information content (AvgIpc) is 2.74. The molecule has 0 saturated heterocycles. The van der Waals surface area contributed by atoms with Gasteiger partial charge in [-0.1, -0.05) is 6.07 Å². The zero-order chi connectivity index (χ0) is 15.0. The zero-order valence-electron chi connectivity index (χ0n) is 10.8. The van der Waals surface area contributed by atoms with E-state index in [1.54, 1.807) is 24.3 Å². The lowest BCUT2D eigenvalue weighted by Crippen LogP contribution is -2.19. The molecule has 6 heteroatoms. The lowest BCUT2D eigenvalue weighted by atomic mass is 10.1. The van der Waals surface area contributed by atoms with Gasteiger partial charge in [0.15, 0.2) is 0 Å². The number of carbonyl (C=O) groups excluding carboxylic acids is 1. The van der Waals surface area contributed by atoms with E-state index in [4.69, 9.17) is 15.7 Å². The van der Waals surface area contributed by atoms with Crippen LogP contribution in [-0.2, 0) is 4.79 Å². The third-order valence-corrected chi connectivity index (χ3v) is 3.20. The zero-order valence-corrected chi connectivity index (χ0v) is 10.8. The van der Waals surface area contributed by atoms with Crippen LogP contribution in [0.3, 0.4) is 0 Å². The monoisotopic (exact) mass is 283 g/mol. The first-order chi connectivity index (χ1) is 10.1. The van der Waals surface area contributed by atoms with Gasteiger partial charge in [0, 0.05) is 23.4 Å². The highest BCUT2D eigenvalue weighted by Gasteiger charge is 2.27. The van der Waals surface area contributed by atoms with Gasteiger partial charge in [0.1, 0.15) is 29.4 Å². The molecule has 3 rings (SSSR count). The third-order valence-electron chi connectivity index (χ3n) is 3.20. The van der Waals surface area contributed by atoms with Crippen molar-refractivity contribution in [3.05, 3.63) is 53.3 Å². The van der Waals surface area contributed by atoms with Gasteiger partial charge in [-0.2, -0.15) is 5.26 Å². The van der Waals surface area contributed by atoms with Gasteiger partial charge in [0.05, 0.1) is 5.56 Å². The SMILES string of the molecule is N#Cc1ccc(Oc2ccc3c(c2)NC(=O)C3N)cc1F. The number of ether oxygens (including phenoxy) is 1. The van der Waals surface area contributed by atoms with E-state index in [0.717, 1.165) is 6.07 Å². The summed E-state index contributed by atoms with van der Waals surface area (Å²) < 4.78 is 19.0. The van der Waals surface area contributed by atoms with Gasteiger partial charge in [-0.15, -0.1) is 0 Å². The molecule has 1 aliphatic heterocycles. The maximum absolute atomic E-state index is 13.5. The highest BCUT2D eigenvalue weighted by Crippen LogP contribution is 2.34. The summed E-state index contributed by atoms with van der Waals surface area (Å²) in [5.41, 5.74) is 6.94. The molecule has 2 aromatic rings. The Balaban J connectivity index is 1.87. The molecule has 2 aromatic carbocycles. The number of benzene rings is 2. The Hall–Kier alpha value is -2.91. The molecular weight excluding hydrogens is 273 g/mol. The quantitative estimate of drug-likeness (QED) is 0.886. The van der Waals surface area contributed by atoms with Gasteiger partial charge in [-0.05, 0) is 18.2 Å². The van der Waals surface area contributed by atoms with Crippen molar-refractivity contribution in [2.24, 2.45) is 5.73 Å². The van der Waals surface area contributed by atoms with E-state index < -0.39 is 11.9 Å². The minimum atomic E-state index is -0.679. The summed E-state index contributed by atoms with van der Waals surface area (Å²) >= 11 is 0. The van der Waals surface area contributed by atoms with Crippen molar-refractivity contribution in [1.82, 2.24) is 0 Å². The lowest BCUT2D eigenvalue weighted by Gasteiger charge is -2.08. The fraction of sp³-hybridized carbons (Fsp3) is 0.0667. The summed E-state index contributed by atoms with van der Waals surface area (Å²) in [5.74, 6) is -0.217. The Morgan fingerprint density at radius 3 is 2.67 bits per heavy atom. The van der Waals surface area contributed by atoms with Gasteiger partial charge in [0.2, 0.25) is 5.91 Å². The first-order valence-corrected chi connectivity index (χ1v) is 6.16. The van der Waals surface area contributed by atoms with Crippen molar-refractivity contribution in [2.45, 2.75) is 6.04 Å². The summed E-state index contributed by atoms with van der Waals surface area (Å²) in [6.45, 7) is 0. The van der Waals surface area contributed by atoms with Crippen LogP contribution in [0.15, 0.2) is 36.4 Å². The Morgan fingerprint density at radius 1 is 1.24 bits per heavy atom. The summed E-state index contributed by atoms with van der Waals surface area (Å²) in [5, 5.41) is 11.3. The van der Waals surface area contributed by atoms with Crippen LogP contribution >= 0.6 is 0 Å². The molecule has 3 N–H and O–H groups in total. The first kappa shape index (κ1) is 13.1. The predicted octanol–water partition coefficient (Wildman–Crippen LogP) is 2.44. The molecule has 1 aliphatic rings. The van der Waals surface area contributed by atoms with Crippen LogP contribution < -0.4 is 15.8 Å². The molecule has 0 aliphatic carbocycles. The van der Waals surface area contributed by atoms with Crippen molar-refractivity contribution < 1.29 is 13.9 Å². The number of hydrogen-bond acceptors (Lipinski definition) is 4. The van der Waals surface area contributed by atoms with Crippen molar-refractivity contribution in [2.75, 3.05) is 5.32 Å². The molecule has 0 spiro atoms. The second-order valence-corrected chi connectivity index (χ2v) is 4.57. The van der Waals surface area contributed by atoms with E-state index in [1.165, 1.54) is 12.1 Å². The average molecular weight is 283 g/mol. The van der Waals surface area contributed by atoms with Crippen LogP contribution in [-0.4, -0.2) is 5.91 Å². The molecular formula is C15H10FN3O2. The van der Waals surface area contributed by atoms with Crippen molar-refractivity contribution in [3.63, 3.8) is 0 Å².